The smallest absolute Gasteiger partial charge is 0.185 e. The molecule has 6 heteroatoms. The third kappa shape index (κ3) is 3.73. The molecule has 0 radical (unpaired) electrons. The van der Waals surface area contributed by atoms with Gasteiger partial charge < -0.3 is 9.47 Å². The molecule has 0 unspecified atom stereocenters. The van der Waals surface area contributed by atoms with E-state index in [2.05, 4.69) is 10.3 Å². The van der Waals surface area contributed by atoms with Crippen molar-refractivity contribution < 1.29 is 14.3 Å². The van der Waals surface area contributed by atoms with Crippen LogP contribution in [0.4, 0.5) is 0 Å². The van der Waals surface area contributed by atoms with Crippen molar-refractivity contribution in [2.75, 3.05) is 14.2 Å². The zero-order valence-corrected chi connectivity index (χ0v) is 16.1. The molecule has 0 saturated heterocycles. The Balaban J connectivity index is 1.53. The average Bonchev–Trinajstić information content (AvgIpc) is 3.21. The molecule has 0 amide bonds. The van der Waals surface area contributed by atoms with Crippen LogP contribution in [0.25, 0.3) is 22.8 Å². The molecule has 0 aliphatic rings. The summed E-state index contributed by atoms with van der Waals surface area (Å²) >= 11 is 0. The van der Waals surface area contributed by atoms with Gasteiger partial charge >= 0.3 is 0 Å². The Morgan fingerprint density at radius 3 is 2.45 bits per heavy atom. The molecule has 3 aromatic carbocycles. The van der Waals surface area contributed by atoms with Crippen molar-refractivity contribution in [3.05, 3.63) is 83.9 Å². The van der Waals surface area contributed by atoms with Gasteiger partial charge in [-0.05, 0) is 60.2 Å². The van der Waals surface area contributed by atoms with Gasteiger partial charge in [-0.15, -0.1) is 5.10 Å². The highest BCUT2D eigenvalue weighted by Crippen LogP contribution is 2.28. The summed E-state index contributed by atoms with van der Waals surface area (Å²) in [6, 6.07) is 20.5. The molecule has 0 aliphatic carbocycles. The second-order valence-electron chi connectivity index (χ2n) is 6.35. The number of allylic oxidation sites excluding steroid dienone is 1. The molecule has 144 valence electrons. The molecule has 1 aromatic heterocycles. The van der Waals surface area contributed by atoms with Gasteiger partial charge in [-0.3, -0.25) is 4.79 Å². The quantitative estimate of drug-likeness (QED) is 0.365. The second kappa shape index (κ2) is 7.98. The lowest BCUT2D eigenvalue weighted by molar-refractivity contribution is 0.104. The van der Waals surface area contributed by atoms with E-state index < -0.39 is 0 Å². The van der Waals surface area contributed by atoms with E-state index in [1.54, 1.807) is 49.3 Å². The van der Waals surface area contributed by atoms with Crippen LogP contribution in [0, 0.1) is 0 Å². The number of carbonyl (C=O) groups is 1. The number of rotatable bonds is 6. The fourth-order valence-electron chi connectivity index (χ4n) is 3.05. The zero-order valence-electron chi connectivity index (χ0n) is 16.1. The molecular weight excluding hydrogens is 366 g/mol. The number of ketones is 1. The van der Waals surface area contributed by atoms with E-state index in [9.17, 15) is 4.79 Å². The molecule has 4 aromatic rings. The third-order valence-corrected chi connectivity index (χ3v) is 4.58. The normalized spacial score (nSPS) is 11.1. The molecule has 4 rings (SSSR count). The standard InChI is InChI=1S/C23H19N3O3/c1-28-22-14-8-16(15-23(22)29-2)7-13-21(27)17-9-11-18(12-10-17)26-20-6-4-3-5-19(20)24-25-26/h3-15H,1-2H3/b13-7+. The lowest BCUT2D eigenvalue weighted by Gasteiger charge is -2.07. The first-order chi connectivity index (χ1) is 14.2. The van der Waals surface area contributed by atoms with Gasteiger partial charge in [0, 0.05) is 5.56 Å². The second-order valence-corrected chi connectivity index (χ2v) is 6.35. The maximum Gasteiger partial charge on any atom is 0.185 e. The van der Waals surface area contributed by atoms with Crippen LogP contribution in [0.3, 0.4) is 0 Å². The largest absolute Gasteiger partial charge is 0.493 e. The Labute approximate surface area is 168 Å². The van der Waals surface area contributed by atoms with E-state index >= 15 is 0 Å². The van der Waals surface area contributed by atoms with Crippen LogP contribution in [0.2, 0.25) is 0 Å². The van der Waals surface area contributed by atoms with Gasteiger partial charge in [0.25, 0.3) is 0 Å². The fraction of sp³-hybridized carbons (Fsp3) is 0.0870. The molecule has 0 spiro atoms. The van der Waals surface area contributed by atoms with Crippen LogP contribution < -0.4 is 9.47 Å². The number of hydrogen-bond donors (Lipinski definition) is 0. The van der Waals surface area contributed by atoms with Crippen molar-refractivity contribution in [1.82, 2.24) is 15.0 Å². The van der Waals surface area contributed by atoms with E-state index in [0.29, 0.717) is 17.1 Å². The monoisotopic (exact) mass is 385 g/mol. The molecule has 0 fully saturated rings. The molecule has 0 bridgehead atoms. The van der Waals surface area contributed by atoms with Crippen molar-refractivity contribution in [3.8, 4) is 17.2 Å². The Hall–Kier alpha value is -3.93. The van der Waals surface area contributed by atoms with E-state index in [4.69, 9.17) is 9.47 Å². The molecule has 0 atom stereocenters. The van der Waals surface area contributed by atoms with Crippen LogP contribution in [-0.4, -0.2) is 35.0 Å². The number of para-hydroxylation sites is 1. The van der Waals surface area contributed by atoms with Crippen LogP contribution >= 0.6 is 0 Å². The Kier molecular flexibility index (Phi) is 5.07. The highest BCUT2D eigenvalue weighted by Gasteiger charge is 2.08. The van der Waals surface area contributed by atoms with Crippen molar-refractivity contribution in [2.45, 2.75) is 0 Å². The van der Waals surface area contributed by atoms with Gasteiger partial charge in [0.2, 0.25) is 0 Å². The van der Waals surface area contributed by atoms with Crippen LogP contribution in [0.15, 0.2) is 72.8 Å². The minimum atomic E-state index is -0.0882. The Bertz CT molecular complexity index is 1190. The topological polar surface area (TPSA) is 66.2 Å². The molecule has 1 heterocycles. The van der Waals surface area contributed by atoms with Crippen LogP contribution in [-0.2, 0) is 0 Å². The maximum atomic E-state index is 12.5. The number of benzene rings is 3. The first kappa shape index (κ1) is 18.4. The van der Waals surface area contributed by atoms with Gasteiger partial charge in [-0.25, -0.2) is 4.68 Å². The zero-order chi connectivity index (χ0) is 20.2. The first-order valence-corrected chi connectivity index (χ1v) is 9.05. The van der Waals surface area contributed by atoms with Gasteiger partial charge in [-0.2, -0.15) is 0 Å². The molecule has 29 heavy (non-hydrogen) atoms. The van der Waals surface area contributed by atoms with Crippen LogP contribution in [0.5, 0.6) is 11.5 Å². The lowest BCUT2D eigenvalue weighted by atomic mass is 10.1. The summed E-state index contributed by atoms with van der Waals surface area (Å²) in [5, 5.41) is 8.35. The Morgan fingerprint density at radius 2 is 1.69 bits per heavy atom. The fourth-order valence-corrected chi connectivity index (χ4v) is 3.05. The molecule has 0 aliphatic heterocycles. The minimum Gasteiger partial charge on any atom is -0.493 e. The van der Waals surface area contributed by atoms with E-state index in [0.717, 1.165) is 22.3 Å². The number of hydrogen-bond acceptors (Lipinski definition) is 5. The van der Waals surface area contributed by atoms with E-state index in [1.807, 2.05) is 48.5 Å². The number of carbonyl (C=O) groups excluding carboxylic acids is 1. The summed E-state index contributed by atoms with van der Waals surface area (Å²) in [5.41, 5.74) is 4.03. The maximum absolute atomic E-state index is 12.5. The molecular formula is C23H19N3O3. The first-order valence-electron chi connectivity index (χ1n) is 9.05. The average molecular weight is 385 g/mol. The number of methoxy groups -OCH3 is 2. The highest BCUT2D eigenvalue weighted by atomic mass is 16.5. The SMILES string of the molecule is COc1ccc(/C=C/C(=O)c2ccc(-n3nnc4ccccc43)cc2)cc1OC. The summed E-state index contributed by atoms with van der Waals surface area (Å²) in [7, 11) is 3.17. The number of aromatic nitrogens is 3. The molecule has 6 nitrogen and oxygen atoms in total. The van der Waals surface area contributed by atoms with Crippen molar-refractivity contribution >= 4 is 22.9 Å². The summed E-state index contributed by atoms with van der Waals surface area (Å²) in [4.78, 5) is 12.5. The minimum absolute atomic E-state index is 0.0882. The number of ether oxygens (including phenoxy) is 2. The predicted octanol–water partition coefficient (Wildman–Crippen LogP) is 4.33. The van der Waals surface area contributed by atoms with Gasteiger partial charge in [-0.1, -0.05) is 29.5 Å². The predicted molar refractivity (Wildman–Crippen MR) is 112 cm³/mol. The molecule has 0 saturated carbocycles. The van der Waals surface area contributed by atoms with Gasteiger partial charge in [0.15, 0.2) is 17.3 Å². The van der Waals surface area contributed by atoms with Gasteiger partial charge in [0.05, 0.1) is 25.4 Å². The summed E-state index contributed by atoms with van der Waals surface area (Å²) in [6.45, 7) is 0. The van der Waals surface area contributed by atoms with Crippen LogP contribution in [0.1, 0.15) is 15.9 Å². The highest BCUT2D eigenvalue weighted by molar-refractivity contribution is 6.06. The summed E-state index contributed by atoms with van der Waals surface area (Å²) < 4.78 is 12.3. The van der Waals surface area contributed by atoms with Crippen molar-refractivity contribution in [3.63, 3.8) is 0 Å². The lowest BCUT2D eigenvalue weighted by Crippen LogP contribution is -1.99. The van der Waals surface area contributed by atoms with Crippen molar-refractivity contribution in [1.29, 1.82) is 0 Å². The van der Waals surface area contributed by atoms with Crippen molar-refractivity contribution in [2.24, 2.45) is 0 Å². The van der Waals surface area contributed by atoms with E-state index in [1.165, 1.54) is 0 Å². The number of fused-ring (bicyclic) bond motifs is 1. The number of nitrogens with zero attached hydrogens (tertiary/aromatic N) is 3. The van der Waals surface area contributed by atoms with E-state index in [-0.39, 0.29) is 5.78 Å². The summed E-state index contributed by atoms with van der Waals surface area (Å²) in [5.74, 6) is 1.17. The third-order valence-electron chi connectivity index (χ3n) is 4.58. The Morgan fingerprint density at radius 1 is 0.931 bits per heavy atom. The van der Waals surface area contributed by atoms with Gasteiger partial charge in [0.1, 0.15) is 5.52 Å². The summed E-state index contributed by atoms with van der Waals surface area (Å²) in [6.07, 6.45) is 3.30. The molecule has 0 N–H and O–H groups in total.